The van der Waals surface area contributed by atoms with Gasteiger partial charge in [0, 0.05) is 26.1 Å². The Morgan fingerprint density at radius 2 is 1.97 bits per heavy atom. The van der Waals surface area contributed by atoms with Crippen molar-refractivity contribution in [2.45, 2.75) is 45.6 Å². The van der Waals surface area contributed by atoms with Crippen LogP contribution in [0.4, 0.5) is 0 Å². The summed E-state index contributed by atoms with van der Waals surface area (Å²) >= 11 is 1.60. The van der Waals surface area contributed by atoms with Crippen molar-refractivity contribution in [1.29, 1.82) is 0 Å². The molecule has 0 saturated heterocycles. The van der Waals surface area contributed by atoms with Crippen LogP contribution in [0.5, 0.6) is 0 Å². The lowest BCUT2D eigenvalue weighted by atomic mass is 10.1. The molecule has 3 unspecified atom stereocenters. The smallest absolute Gasteiger partial charge is 0.194 e. The number of aliphatic hydroxyl groups is 1. The third-order valence-electron chi connectivity index (χ3n) is 4.63. The molecule has 7 nitrogen and oxygen atoms in total. The zero-order chi connectivity index (χ0) is 21.9. The molecule has 9 heteroatoms. The Morgan fingerprint density at radius 3 is 2.61 bits per heavy atom. The van der Waals surface area contributed by atoms with Crippen LogP contribution in [0.1, 0.15) is 49.2 Å². The van der Waals surface area contributed by atoms with E-state index in [0.717, 1.165) is 28.8 Å². The van der Waals surface area contributed by atoms with Gasteiger partial charge in [-0.1, -0.05) is 30.3 Å². The predicted molar refractivity (Wildman–Crippen MR) is 137 cm³/mol. The molecule has 1 aromatic heterocycles. The van der Waals surface area contributed by atoms with E-state index >= 15 is 0 Å². The maximum atomic E-state index is 10.3. The number of aliphatic imine (C=N–C) groups is 1. The monoisotopic (exact) mass is 562 g/mol. The summed E-state index contributed by atoms with van der Waals surface area (Å²) in [7, 11) is 3.64. The molecule has 0 aliphatic rings. The number of aromatic nitrogens is 1. The van der Waals surface area contributed by atoms with E-state index in [1.165, 1.54) is 0 Å². The molecule has 0 aliphatic carbocycles. The Hall–Kier alpha value is -1.27. The van der Waals surface area contributed by atoms with Crippen molar-refractivity contribution in [2.24, 2.45) is 4.99 Å². The van der Waals surface area contributed by atoms with Crippen LogP contribution in [0, 0.1) is 0 Å². The van der Waals surface area contributed by atoms with Crippen LogP contribution in [0.15, 0.2) is 40.7 Å². The largest absolute Gasteiger partial charge is 0.389 e. The lowest BCUT2D eigenvalue weighted by Gasteiger charge is -2.22. The van der Waals surface area contributed by atoms with Gasteiger partial charge in [0.25, 0.3) is 0 Å². The molecule has 3 atom stereocenters. The third-order valence-corrected chi connectivity index (χ3v) is 5.68. The molecular weight excluding hydrogens is 527 g/mol. The molecule has 0 bridgehead atoms. The summed E-state index contributed by atoms with van der Waals surface area (Å²) in [6.45, 7) is 7.84. The molecule has 0 spiro atoms. The maximum absolute atomic E-state index is 10.3. The summed E-state index contributed by atoms with van der Waals surface area (Å²) in [4.78, 5) is 11.2. The molecule has 174 valence electrons. The molecule has 31 heavy (non-hydrogen) atoms. The van der Waals surface area contributed by atoms with E-state index < -0.39 is 6.10 Å². The van der Waals surface area contributed by atoms with Crippen molar-refractivity contribution >= 4 is 41.3 Å². The van der Waals surface area contributed by atoms with Gasteiger partial charge >= 0.3 is 0 Å². The van der Waals surface area contributed by atoms with Crippen LogP contribution < -0.4 is 5.32 Å². The van der Waals surface area contributed by atoms with Gasteiger partial charge in [0.2, 0.25) is 0 Å². The van der Waals surface area contributed by atoms with Crippen molar-refractivity contribution in [3.05, 3.63) is 52.0 Å². The van der Waals surface area contributed by atoms with E-state index in [4.69, 9.17) is 9.47 Å². The molecule has 2 rings (SSSR count). The first-order valence-electron chi connectivity index (χ1n) is 10.3. The van der Waals surface area contributed by atoms with Gasteiger partial charge in [-0.3, -0.25) is 4.99 Å². The Labute approximate surface area is 206 Å². The highest BCUT2D eigenvalue weighted by Crippen LogP contribution is 2.21. The molecular formula is C22H35IN4O3S. The average Bonchev–Trinajstić information content (AvgIpc) is 3.23. The van der Waals surface area contributed by atoms with E-state index in [2.05, 4.69) is 15.3 Å². The van der Waals surface area contributed by atoms with Crippen LogP contribution in [0.3, 0.4) is 0 Å². The second kappa shape index (κ2) is 14.7. The molecule has 1 aromatic carbocycles. The van der Waals surface area contributed by atoms with Gasteiger partial charge in [-0.05, 0) is 26.3 Å². The number of nitrogens with zero attached hydrogens (tertiary/aromatic N) is 3. The number of thiazole rings is 1. The zero-order valence-electron chi connectivity index (χ0n) is 18.9. The highest BCUT2D eigenvalue weighted by atomic mass is 127. The fraction of sp³-hybridized carbons (Fsp3) is 0.545. The number of halogens is 1. The van der Waals surface area contributed by atoms with E-state index in [9.17, 15) is 5.11 Å². The first-order chi connectivity index (χ1) is 14.4. The number of rotatable bonds is 11. The van der Waals surface area contributed by atoms with Crippen LogP contribution in [0.25, 0.3) is 0 Å². The predicted octanol–water partition coefficient (Wildman–Crippen LogP) is 4.00. The first kappa shape index (κ1) is 27.8. The SMILES string of the molecule is CCNC(=NCC(O)COC(C)c1ccccc1)N(C)Cc1csc(C(C)OC)n1.I. The Morgan fingerprint density at radius 1 is 1.26 bits per heavy atom. The van der Waals surface area contributed by atoms with Crippen molar-refractivity contribution < 1.29 is 14.6 Å². The van der Waals surface area contributed by atoms with Gasteiger partial charge in [0.15, 0.2) is 5.96 Å². The minimum atomic E-state index is -0.674. The first-order valence-corrected chi connectivity index (χ1v) is 11.1. The number of benzene rings is 1. The van der Waals surface area contributed by atoms with Crippen molar-refractivity contribution in [1.82, 2.24) is 15.2 Å². The number of hydrogen-bond acceptors (Lipinski definition) is 6. The van der Waals surface area contributed by atoms with E-state index in [1.807, 2.05) is 68.4 Å². The molecule has 1 heterocycles. The fourth-order valence-corrected chi connectivity index (χ4v) is 3.63. The molecule has 2 aromatic rings. The Bertz CT molecular complexity index is 775. The quantitative estimate of drug-likeness (QED) is 0.245. The number of nitrogens with one attached hydrogen (secondary N) is 1. The van der Waals surface area contributed by atoms with Crippen LogP contribution in [0.2, 0.25) is 0 Å². The summed E-state index contributed by atoms with van der Waals surface area (Å²) < 4.78 is 11.1. The standard InChI is InChI=1S/C22H34N4O3S.HI/c1-6-23-22(26(4)13-19-15-30-21(25-19)17(3)28-5)24-12-20(27)14-29-16(2)18-10-8-7-9-11-18;/h7-11,15-17,20,27H,6,12-14H2,1-5H3,(H,23,24);1H. The normalized spacial score (nSPS) is 14.5. The number of guanidine groups is 1. The van der Waals surface area contributed by atoms with Gasteiger partial charge in [-0.25, -0.2) is 4.98 Å². The highest BCUT2D eigenvalue weighted by Gasteiger charge is 2.14. The lowest BCUT2D eigenvalue weighted by Crippen LogP contribution is -2.39. The number of hydrogen-bond donors (Lipinski definition) is 2. The van der Waals surface area contributed by atoms with Crippen molar-refractivity contribution in [2.75, 3.05) is 33.9 Å². The Balaban J connectivity index is 0.00000480. The fourth-order valence-electron chi connectivity index (χ4n) is 2.79. The molecule has 0 saturated carbocycles. The van der Waals surface area contributed by atoms with E-state index in [0.29, 0.717) is 6.54 Å². The molecule has 0 aliphatic heterocycles. The second-order valence-electron chi connectivity index (χ2n) is 7.15. The van der Waals surface area contributed by atoms with Gasteiger partial charge in [0.05, 0.1) is 37.6 Å². The number of aliphatic hydroxyl groups excluding tert-OH is 1. The zero-order valence-corrected chi connectivity index (χ0v) is 22.1. The van der Waals surface area contributed by atoms with Gasteiger partial charge in [-0.15, -0.1) is 35.3 Å². The van der Waals surface area contributed by atoms with Gasteiger partial charge < -0.3 is 24.8 Å². The number of methoxy groups -OCH3 is 1. The Kier molecular flexibility index (Phi) is 13.2. The summed E-state index contributed by atoms with van der Waals surface area (Å²) in [5.41, 5.74) is 2.05. The van der Waals surface area contributed by atoms with Gasteiger partial charge in [0.1, 0.15) is 11.1 Å². The minimum absolute atomic E-state index is 0. The molecule has 0 amide bonds. The summed E-state index contributed by atoms with van der Waals surface area (Å²) in [6, 6.07) is 9.98. The third kappa shape index (κ3) is 9.40. The lowest BCUT2D eigenvalue weighted by molar-refractivity contribution is 0.00106. The average molecular weight is 563 g/mol. The molecule has 0 radical (unpaired) electrons. The van der Waals surface area contributed by atoms with Crippen LogP contribution in [-0.4, -0.2) is 60.9 Å². The number of ether oxygens (including phenoxy) is 2. The topological polar surface area (TPSA) is 79.2 Å². The van der Waals surface area contributed by atoms with Crippen LogP contribution in [-0.2, 0) is 16.0 Å². The van der Waals surface area contributed by atoms with E-state index in [-0.39, 0.29) is 49.3 Å². The second-order valence-corrected chi connectivity index (χ2v) is 8.04. The van der Waals surface area contributed by atoms with Crippen LogP contribution >= 0.6 is 35.3 Å². The summed E-state index contributed by atoms with van der Waals surface area (Å²) in [6.07, 6.45) is -0.759. The van der Waals surface area contributed by atoms with Crippen molar-refractivity contribution in [3.8, 4) is 0 Å². The van der Waals surface area contributed by atoms with Gasteiger partial charge in [-0.2, -0.15) is 0 Å². The maximum Gasteiger partial charge on any atom is 0.194 e. The minimum Gasteiger partial charge on any atom is -0.389 e. The molecule has 2 N–H and O–H groups in total. The van der Waals surface area contributed by atoms with Crippen molar-refractivity contribution in [3.63, 3.8) is 0 Å². The summed E-state index contributed by atoms with van der Waals surface area (Å²) in [5.74, 6) is 0.724. The molecule has 0 fully saturated rings. The highest BCUT2D eigenvalue weighted by molar-refractivity contribution is 14.0. The van der Waals surface area contributed by atoms with E-state index in [1.54, 1.807) is 18.4 Å². The summed E-state index contributed by atoms with van der Waals surface area (Å²) in [5, 5.41) is 16.6.